The summed E-state index contributed by atoms with van der Waals surface area (Å²) >= 11 is 0. The van der Waals surface area contributed by atoms with Crippen LogP contribution >= 0.6 is 0 Å². The van der Waals surface area contributed by atoms with Gasteiger partial charge in [0.25, 0.3) is 0 Å². The van der Waals surface area contributed by atoms with E-state index in [1.807, 2.05) is 25.4 Å². The molecule has 0 saturated heterocycles. The number of hydrogen-bond donors (Lipinski definition) is 0. The standard InChI is InChI=1S/C14H17NO/c1-9(2)11-6-5-7-12-13(10(3)16)8-15(4)14(11)12/h5-9H,1-4H3. The summed E-state index contributed by atoms with van der Waals surface area (Å²) < 4.78 is 2.06. The highest BCUT2D eigenvalue weighted by atomic mass is 16.1. The lowest BCUT2D eigenvalue weighted by atomic mass is 9.99. The predicted octanol–water partition coefficient (Wildman–Crippen LogP) is 3.50. The summed E-state index contributed by atoms with van der Waals surface area (Å²) in [6, 6.07) is 6.19. The maximum Gasteiger partial charge on any atom is 0.161 e. The number of benzene rings is 1. The molecule has 0 N–H and O–H groups in total. The first-order valence-corrected chi connectivity index (χ1v) is 5.61. The summed E-state index contributed by atoms with van der Waals surface area (Å²) in [4.78, 5) is 11.5. The highest BCUT2D eigenvalue weighted by Crippen LogP contribution is 2.28. The Hall–Kier alpha value is -1.57. The SMILES string of the molecule is CC(=O)c1cn(C)c2c(C(C)C)cccc12. The third-order valence-electron chi connectivity index (χ3n) is 3.03. The highest BCUT2D eigenvalue weighted by Gasteiger charge is 2.14. The zero-order valence-electron chi connectivity index (χ0n) is 10.2. The number of para-hydroxylation sites is 1. The van der Waals surface area contributed by atoms with E-state index in [-0.39, 0.29) is 5.78 Å². The summed E-state index contributed by atoms with van der Waals surface area (Å²) in [5, 5.41) is 1.07. The van der Waals surface area contributed by atoms with Crippen LogP contribution in [0.4, 0.5) is 0 Å². The van der Waals surface area contributed by atoms with E-state index in [9.17, 15) is 4.79 Å². The van der Waals surface area contributed by atoms with E-state index in [0.717, 1.165) is 10.9 Å². The molecule has 0 atom stereocenters. The van der Waals surface area contributed by atoms with Gasteiger partial charge in [-0.05, 0) is 18.4 Å². The van der Waals surface area contributed by atoms with Crippen LogP contribution in [0, 0.1) is 0 Å². The van der Waals surface area contributed by atoms with E-state index >= 15 is 0 Å². The van der Waals surface area contributed by atoms with Crippen molar-refractivity contribution in [3.63, 3.8) is 0 Å². The number of carbonyl (C=O) groups excluding carboxylic acids is 1. The van der Waals surface area contributed by atoms with E-state index in [1.54, 1.807) is 6.92 Å². The van der Waals surface area contributed by atoms with Crippen LogP contribution in [-0.2, 0) is 7.05 Å². The fourth-order valence-corrected chi connectivity index (χ4v) is 2.25. The van der Waals surface area contributed by atoms with E-state index in [2.05, 4.69) is 24.5 Å². The number of aryl methyl sites for hydroxylation is 1. The van der Waals surface area contributed by atoms with Gasteiger partial charge in [0, 0.05) is 24.2 Å². The summed E-state index contributed by atoms with van der Waals surface area (Å²) in [5.41, 5.74) is 3.30. The fraction of sp³-hybridized carbons (Fsp3) is 0.357. The van der Waals surface area contributed by atoms with Crippen LogP contribution in [-0.4, -0.2) is 10.4 Å². The van der Waals surface area contributed by atoms with Crippen LogP contribution < -0.4 is 0 Å². The molecule has 0 aliphatic carbocycles. The fourth-order valence-electron chi connectivity index (χ4n) is 2.25. The van der Waals surface area contributed by atoms with Gasteiger partial charge in [0.1, 0.15) is 0 Å². The quantitative estimate of drug-likeness (QED) is 0.703. The second-order valence-electron chi connectivity index (χ2n) is 4.61. The van der Waals surface area contributed by atoms with Gasteiger partial charge >= 0.3 is 0 Å². The molecule has 0 spiro atoms. The number of carbonyl (C=O) groups is 1. The molecule has 1 heterocycles. The predicted molar refractivity (Wildman–Crippen MR) is 67.0 cm³/mol. The first-order chi connectivity index (χ1) is 7.52. The second kappa shape index (κ2) is 3.78. The lowest BCUT2D eigenvalue weighted by molar-refractivity contribution is 0.101. The van der Waals surface area contributed by atoms with Gasteiger partial charge in [-0.3, -0.25) is 4.79 Å². The zero-order valence-corrected chi connectivity index (χ0v) is 10.2. The van der Waals surface area contributed by atoms with Gasteiger partial charge in [0.15, 0.2) is 5.78 Å². The maximum atomic E-state index is 11.5. The molecule has 0 bridgehead atoms. The topological polar surface area (TPSA) is 22.0 Å². The number of hydrogen-bond acceptors (Lipinski definition) is 1. The number of nitrogens with zero attached hydrogens (tertiary/aromatic N) is 1. The molecule has 2 rings (SSSR count). The van der Waals surface area contributed by atoms with Gasteiger partial charge < -0.3 is 4.57 Å². The molecule has 0 amide bonds. The van der Waals surface area contributed by atoms with E-state index in [0.29, 0.717) is 5.92 Å². The van der Waals surface area contributed by atoms with Crippen molar-refractivity contribution in [3.05, 3.63) is 35.5 Å². The molecule has 84 valence electrons. The molecular formula is C14H17NO. The molecule has 0 aliphatic heterocycles. The van der Waals surface area contributed by atoms with Crippen molar-refractivity contribution in [3.8, 4) is 0 Å². The Labute approximate surface area is 95.9 Å². The van der Waals surface area contributed by atoms with Crippen molar-refractivity contribution in [2.45, 2.75) is 26.7 Å². The molecule has 1 aromatic carbocycles. The summed E-state index contributed by atoms with van der Waals surface area (Å²) in [6.07, 6.45) is 1.93. The molecule has 0 saturated carbocycles. The molecule has 0 unspecified atom stereocenters. The van der Waals surface area contributed by atoms with E-state index in [1.165, 1.54) is 11.1 Å². The zero-order chi connectivity index (χ0) is 11.9. The van der Waals surface area contributed by atoms with Crippen LogP contribution in [0.25, 0.3) is 10.9 Å². The minimum Gasteiger partial charge on any atom is -0.350 e. The number of fused-ring (bicyclic) bond motifs is 1. The first kappa shape index (κ1) is 10.9. The van der Waals surface area contributed by atoms with Crippen LogP contribution in [0.2, 0.25) is 0 Å². The Balaban J connectivity index is 2.84. The summed E-state index contributed by atoms with van der Waals surface area (Å²) in [5.74, 6) is 0.601. The van der Waals surface area contributed by atoms with Crippen LogP contribution in [0.5, 0.6) is 0 Å². The van der Waals surface area contributed by atoms with Crippen LogP contribution in [0.3, 0.4) is 0 Å². The normalized spacial score (nSPS) is 11.3. The van der Waals surface area contributed by atoms with Crippen molar-refractivity contribution in [1.29, 1.82) is 0 Å². The van der Waals surface area contributed by atoms with Crippen molar-refractivity contribution in [2.24, 2.45) is 7.05 Å². The second-order valence-corrected chi connectivity index (χ2v) is 4.61. The minimum atomic E-state index is 0.131. The third-order valence-corrected chi connectivity index (χ3v) is 3.03. The number of ketones is 1. The minimum absolute atomic E-state index is 0.131. The maximum absolute atomic E-state index is 11.5. The molecule has 2 nitrogen and oxygen atoms in total. The Morgan fingerprint density at radius 1 is 1.31 bits per heavy atom. The Kier molecular flexibility index (Phi) is 2.58. The average Bonchev–Trinajstić information content (AvgIpc) is 2.56. The van der Waals surface area contributed by atoms with Gasteiger partial charge in [0.05, 0.1) is 5.52 Å². The van der Waals surface area contributed by atoms with Gasteiger partial charge in [-0.2, -0.15) is 0 Å². The van der Waals surface area contributed by atoms with Crippen LogP contribution in [0.15, 0.2) is 24.4 Å². The van der Waals surface area contributed by atoms with Crippen molar-refractivity contribution in [2.75, 3.05) is 0 Å². The average molecular weight is 215 g/mol. The summed E-state index contributed by atoms with van der Waals surface area (Å²) in [6.45, 7) is 5.97. The molecule has 0 fully saturated rings. The van der Waals surface area contributed by atoms with Gasteiger partial charge in [-0.1, -0.05) is 32.0 Å². The molecule has 2 aromatic rings. The molecular weight excluding hydrogens is 198 g/mol. The number of aromatic nitrogens is 1. The molecule has 0 aliphatic rings. The summed E-state index contributed by atoms with van der Waals surface area (Å²) in [7, 11) is 2.00. The lowest BCUT2D eigenvalue weighted by Gasteiger charge is -2.09. The van der Waals surface area contributed by atoms with E-state index < -0.39 is 0 Å². The van der Waals surface area contributed by atoms with Gasteiger partial charge in [0.2, 0.25) is 0 Å². The van der Waals surface area contributed by atoms with Crippen molar-refractivity contribution < 1.29 is 4.79 Å². The van der Waals surface area contributed by atoms with Crippen molar-refractivity contribution >= 4 is 16.7 Å². The smallest absolute Gasteiger partial charge is 0.161 e. The first-order valence-electron chi connectivity index (χ1n) is 5.61. The van der Waals surface area contributed by atoms with Gasteiger partial charge in [-0.15, -0.1) is 0 Å². The van der Waals surface area contributed by atoms with Crippen molar-refractivity contribution in [1.82, 2.24) is 4.57 Å². The largest absolute Gasteiger partial charge is 0.350 e. The molecule has 1 aromatic heterocycles. The van der Waals surface area contributed by atoms with Gasteiger partial charge in [-0.25, -0.2) is 0 Å². The number of Topliss-reactive ketones (excluding diaryl/α,β-unsaturated/α-hetero) is 1. The Morgan fingerprint density at radius 2 is 2.00 bits per heavy atom. The third kappa shape index (κ3) is 1.54. The Morgan fingerprint density at radius 3 is 2.56 bits per heavy atom. The number of rotatable bonds is 2. The van der Waals surface area contributed by atoms with E-state index in [4.69, 9.17) is 0 Å². The lowest BCUT2D eigenvalue weighted by Crippen LogP contribution is -1.93. The monoisotopic (exact) mass is 215 g/mol. The van der Waals surface area contributed by atoms with Crippen LogP contribution in [0.1, 0.15) is 42.6 Å². The Bertz CT molecular complexity index is 549. The molecule has 2 heteroatoms. The highest BCUT2D eigenvalue weighted by molar-refractivity contribution is 6.07. The molecule has 16 heavy (non-hydrogen) atoms. The molecule has 0 radical (unpaired) electrons.